The van der Waals surface area contributed by atoms with E-state index in [0.29, 0.717) is 5.75 Å². The second kappa shape index (κ2) is 6.50. The van der Waals surface area contributed by atoms with Crippen LogP contribution >= 0.6 is 0 Å². The standard InChI is InChI=1S/C13H14N2O/c1-3-11(2)15-10-12-4-6-13(7-5-12)16-9-8-14/h1,4-7,11,15H,9-10H2,2H3. The lowest BCUT2D eigenvalue weighted by molar-refractivity contribution is 0.368. The van der Waals surface area contributed by atoms with E-state index in [1.165, 1.54) is 0 Å². The molecule has 0 aliphatic carbocycles. The molecule has 3 nitrogen and oxygen atoms in total. The van der Waals surface area contributed by atoms with Gasteiger partial charge in [-0.3, -0.25) is 5.32 Å². The lowest BCUT2D eigenvalue weighted by Gasteiger charge is -2.08. The van der Waals surface area contributed by atoms with Gasteiger partial charge in [0.25, 0.3) is 0 Å². The highest BCUT2D eigenvalue weighted by Gasteiger charge is 1.98. The number of nitriles is 1. The summed E-state index contributed by atoms with van der Waals surface area (Å²) in [6.45, 7) is 2.74. The lowest BCUT2D eigenvalue weighted by Crippen LogP contribution is -2.23. The summed E-state index contributed by atoms with van der Waals surface area (Å²) < 4.78 is 5.14. The zero-order valence-corrected chi connectivity index (χ0v) is 9.23. The number of benzene rings is 1. The molecule has 1 N–H and O–H groups in total. The summed E-state index contributed by atoms with van der Waals surface area (Å²) in [5, 5.41) is 11.5. The van der Waals surface area contributed by atoms with Gasteiger partial charge in [0.05, 0.1) is 6.04 Å². The molecular weight excluding hydrogens is 200 g/mol. The first-order valence-electron chi connectivity index (χ1n) is 5.04. The Morgan fingerprint density at radius 2 is 2.12 bits per heavy atom. The maximum absolute atomic E-state index is 8.35. The SMILES string of the molecule is C#CC(C)NCc1ccc(OCC#N)cc1. The average Bonchev–Trinajstić information content (AvgIpc) is 2.34. The Morgan fingerprint density at radius 3 is 2.69 bits per heavy atom. The number of ether oxygens (including phenoxy) is 1. The van der Waals surface area contributed by atoms with Crippen molar-refractivity contribution in [1.82, 2.24) is 5.32 Å². The molecule has 1 unspecified atom stereocenters. The van der Waals surface area contributed by atoms with E-state index in [1.807, 2.05) is 37.3 Å². The maximum Gasteiger partial charge on any atom is 0.174 e. The van der Waals surface area contributed by atoms with Crippen LogP contribution in [0.2, 0.25) is 0 Å². The van der Waals surface area contributed by atoms with Crippen LogP contribution in [0, 0.1) is 23.7 Å². The fraction of sp³-hybridized carbons (Fsp3) is 0.308. The first kappa shape index (κ1) is 12.1. The molecule has 0 aliphatic rings. The van der Waals surface area contributed by atoms with Crippen molar-refractivity contribution in [2.45, 2.75) is 19.5 Å². The average molecular weight is 214 g/mol. The molecule has 0 heterocycles. The Morgan fingerprint density at radius 1 is 1.44 bits per heavy atom. The summed E-state index contributed by atoms with van der Waals surface area (Å²) in [7, 11) is 0. The van der Waals surface area contributed by atoms with E-state index in [2.05, 4.69) is 11.2 Å². The molecule has 16 heavy (non-hydrogen) atoms. The molecule has 0 saturated carbocycles. The van der Waals surface area contributed by atoms with Gasteiger partial charge in [0.2, 0.25) is 0 Å². The first-order valence-corrected chi connectivity index (χ1v) is 5.04. The molecule has 1 aromatic rings. The van der Waals surface area contributed by atoms with Crippen molar-refractivity contribution in [3.8, 4) is 24.2 Å². The van der Waals surface area contributed by atoms with Crippen LogP contribution in [0.5, 0.6) is 5.75 Å². The normalized spacial score (nSPS) is 11.2. The molecule has 0 fully saturated rings. The molecule has 1 aromatic carbocycles. The zero-order chi connectivity index (χ0) is 11.8. The van der Waals surface area contributed by atoms with Crippen molar-refractivity contribution in [2.24, 2.45) is 0 Å². The molecule has 0 spiro atoms. The van der Waals surface area contributed by atoms with Crippen LogP contribution in [-0.4, -0.2) is 12.6 Å². The van der Waals surface area contributed by atoms with Crippen LogP contribution in [0.15, 0.2) is 24.3 Å². The molecule has 82 valence electrons. The van der Waals surface area contributed by atoms with Gasteiger partial charge >= 0.3 is 0 Å². The molecule has 0 amide bonds. The van der Waals surface area contributed by atoms with Gasteiger partial charge in [-0.15, -0.1) is 6.42 Å². The number of rotatable bonds is 5. The topological polar surface area (TPSA) is 45.0 Å². The maximum atomic E-state index is 8.35. The van der Waals surface area contributed by atoms with E-state index in [-0.39, 0.29) is 12.6 Å². The van der Waals surface area contributed by atoms with E-state index in [1.54, 1.807) is 0 Å². The molecule has 0 radical (unpaired) electrons. The highest BCUT2D eigenvalue weighted by Crippen LogP contribution is 2.11. The van der Waals surface area contributed by atoms with Gasteiger partial charge in [-0.1, -0.05) is 18.1 Å². The van der Waals surface area contributed by atoms with E-state index in [0.717, 1.165) is 12.1 Å². The van der Waals surface area contributed by atoms with Crippen LogP contribution in [0.1, 0.15) is 12.5 Å². The quantitative estimate of drug-likeness (QED) is 0.759. The van der Waals surface area contributed by atoms with Crippen molar-refractivity contribution < 1.29 is 4.74 Å². The van der Waals surface area contributed by atoms with Crippen molar-refractivity contribution in [3.05, 3.63) is 29.8 Å². The monoisotopic (exact) mass is 214 g/mol. The van der Waals surface area contributed by atoms with Crippen molar-refractivity contribution in [1.29, 1.82) is 5.26 Å². The molecule has 0 aromatic heterocycles. The van der Waals surface area contributed by atoms with Crippen LogP contribution in [0.25, 0.3) is 0 Å². The van der Waals surface area contributed by atoms with Crippen LogP contribution in [-0.2, 0) is 6.54 Å². The Labute approximate surface area is 96.0 Å². The molecular formula is C13H14N2O. The number of hydrogen-bond donors (Lipinski definition) is 1. The highest BCUT2D eigenvalue weighted by molar-refractivity contribution is 5.27. The second-order valence-corrected chi connectivity index (χ2v) is 3.36. The summed E-state index contributed by atoms with van der Waals surface area (Å²) in [4.78, 5) is 0. The Bertz CT molecular complexity index is 397. The largest absolute Gasteiger partial charge is 0.479 e. The smallest absolute Gasteiger partial charge is 0.174 e. The number of nitrogens with one attached hydrogen (secondary N) is 1. The molecule has 1 rings (SSSR count). The van der Waals surface area contributed by atoms with E-state index in [9.17, 15) is 0 Å². The van der Waals surface area contributed by atoms with E-state index >= 15 is 0 Å². The van der Waals surface area contributed by atoms with Gasteiger partial charge in [0.15, 0.2) is 6.61 Å². The summed E-state index contributed by atoms with van der Waals surface area (Å²) in [6, 6.07) is 9.57. The summed E-state index contributed by atoms with van der Waals surface area (Å²) in [6.07, 6.45) is 5.25. The zero-order valence-electron chi connectivity index (χ0n) is 9.23. The van der Waals surface area contributed by atoms with Crippen molar-refractivity contribution in [3.63, 3.8) is 0 Å². The molecule has 1 atom stereocenters. The summed E-state index contributed by atoms with van der Waals surface area (Å²) in [5.74, 6) is 3.31. The molecule has 0 aliphatic heterocycles. The Balaban J connectivity index is 2.46. The fourth-order valence-electron chi connectivity index (χ4n) is 1.15. The van der Waals surface area contributed by atoms with Crippen LogP contribution in [0.4, 0.5) is 0 Å². The first-order chi connectivity index (χ1) is 7.76. The van der Waals surface area contributed by atoms with Crippen LogP contribution < -0.4 is 10.1 Å². The third-order valence-electron chi connectivity index (χ3n) is 2.09. The van der Waals surface area contributed by atoms with Gasteiger partial charge in [-0.2, -0.15) is 5.26 Å². The lowest BCUT2D eigenvalue weighted by atomic mass is 10.2. The summed E-state index contributed by atoms with van der Waals surface area (Å²) in [5.41, 5.74) is 1.13. The van der Waals surface area contributed by atoms with Crippen molar-refractivity contribution >= 4 is 0 Å². The van der Waals surface area contributed by atoms with Gasteiger partial charge < -0.3 is 4.74 Å². The third-order valence-corrected chi connectivity index (χ3v) is 2.09. The number of hydrogen-bond acceptors (Lipinski definition) is 3. The minimum Gasteiger partial charge on any atom is -0.479 e. The van der Waals surface area contributed by atoms with E-state index in [4.69, 9.17) is 16.4 Å². The van der Waals surface area contributed by atoms with Crippen LogP contribution in [0.3, 0.4) is 0 Å². The van der Waals surface area contributed by atoms with Gasteiger partial charge in [-0.05, 0) is 24.6 Å². The number of terminal acetylenes is 1. The number of nitrogens with zero attached hydrogens (tertiary/aromatic N) is 1. The third kappa shape index (κ3) is 4.04. The minimum atomic E-state index is 0.0644. The van der Waals surface area contributed by atoms with Gasteiger partial charge in [-0.25, -0.2) is 0 Å². The molecule has 0 bridgehead atoms. The molecule has 0 saturated heterocycles. The van der Waals surface area contributed by atoms with Crippen molar-refractivity contribution in [2.75, 3.05) is 6.61 Å². The van der Waals surface area contributed by atoms with Gasteiger partial charge in [0, 0.05) is 6.54 Å². The molecule has 3 heteroatoms. The van der Waals surface area contributed by atoms with E-state index < -0.39 is 0 Å². The minimum absolute atomic E-state index is 0.0644. The predicted octanol–water partition coefficient (Wildman–Crippen LogP) is 1.70. The Hall–Kier alpha value is -1.97. The predicted molar refractivity (Wildman–Crippen MR) is 62.7 cm³/mol. The second-order valence-electron chi connectivity index (χ2n) is 3.36. The summed E-state index contributed by atoms with van der Waals surface area (Å²) >= 11 is 0. The Kier molecular flexibility index (Phi) is 4.92. The van der Waals surface area contributed by atoms with Gasteiger partial charge in [0.1, 0.15) is 11.8 Å². The fourth-order valence-corrected chi connectivity index (χ4v) is 1.15. The highest BCUT2D eigenvalue weighted by atomic mass is 16.5.